The molecule has 2 unspecified atom stereocenters. The molecular formula is C49H63ClN7O6+. The van der Waals surface area contributed by atoms with Crippen LogP contribution < -0.4 is 9.88 Å². The number of amides is 1. The third-order valence-corrected chi connectivity index (χ3v) is 12.5. The number of esters is 1. The highest BCUT2D eigenvalue weighted by molar-refractivity contribution is 6.12. The highest BCUT2D eigenvalue weighted by Crippen LogP contribution is 2.36. The number of benzene rings is 2. The summed E-state index contributed by atoms with van der Waals surface area (Å²) in [5.41, 5.74) is 5.89. The van der Waals surface area contributed by atoms with Crippen molar-refractivity contribution in [2.45, 2.75) is 118 Å². The zero-order valence-electron chi connectivity index (χ0n) is 37.8. The molecule has 0 fully saturated rings. The number of ketones is 2. The van der Waals surface area contributed by atoms with Crippen molar-refractivity contribution in [1.82, 2.24) is 28.6 Å². The van der Waals surface area contributed by atoms with Gasteiger partial charge in [-0.1, -0.05) is 49.2 Å². The minimum Gasteiger partial charge on any atom is -0.444 e. The Morgan fingerprint density at radius 1 is 0.794 bits per heavy atom. The Labute approximate surface area is 376 Å². The molecule has 4 heterocycles. The van der Waals surface area contributed by atoms with Crippen LogP contribution in [-0.2, 0) is 61.0 Å². The van der Waals surface area contributed by atoms with E-state index in [1.165, 1.54) is 5.69 Å². The van der Waals surface area contributed by atoms with Crippen molar-refractivity contribution < 1.29 is 33.2 Å². The lowest BCUT2D eigenvalue weighted by Gasteiger charge is -2.23. The standard InChI is InChI=1S/C31H42N4O5.C18H19N3O.ClH/c1-22-34(20-23-15-16-26-28(29(23)37)24-12-9-10-13-25(24)33(26)5)18-19-35(22)21-39-27(36)14-8-6-7-11-17-32-30(38)40-31(2,3)4;1-12-19-9-10-21(12)11-13-7-8-16-17(18(13)22)14-5-3-4-6-15(14)20(16)2;/h9-10,12-13,18-19,23H,6-8,11,14-17,20-21H2,1-5H3;3-6,9-10,13H,7-8,11H2,1-2H3;1H/p+1. The SMILES string of the molecule is Cc1n(CC2CCc3c(c4ccccc4n3C)C2=O)cc[n+]1COC(=O)CCCCCCNC(=O)OC(C)(C)C.Cc1nccn1CC1CCc2c(c3ccccc3n2C)C1=O.Cl. The van der Waals surface area contributed by atoms with Gasteiger partial charge in [-0.05, 0) is 78.4 Å². The number of halogens is 1. The molecule has 13 nitrogen and oxygen atoms in total. The second-order valence-electron chi connectivity index (χ2n) is 17.8. The number of aromatic nitrogens is 6. The number of Topliss-reactive ketones (excluding diaryl/α,β-unsaturated/α-hetero) is 2. The third-order valence-electron chi connectivity index (χ3n) is 12.5. The van der Waals surface area contributed by atoms with Crippen LogP contribution in [0.5, 0.6) is 0 Å². The van der Waals surface area contributed by atoms with Crippen molar-refractivity contribution in [3.8, 4) is 0 Å². The molecule has 2 aliphatic carbocycles. The number of fused-ring (bicyclic) bond motifs is 6. The number of rotatable bonds is 13. The number of nitrogens with one attached hydrogen (secondary N) is 1. The predicted octanol–water partition coefficient (Wildman–Crippen LogP) is 8.55. The maximum absolute atomic E-state index is 13.5. The summed E-state index contributed by atoms with van der Waals surface area (Å²) < 4.78 is 21.1. The monoisotopic (exact) mass is 880 g/mol. The van der Waals surface area contributed by atoms with Crippen LogP contribution in [0.25, 0.3) is 21.8 Å². The van der Waals surface area contributed by atoms with Gasteiger partial charge in [-0.3, -0.25) is 14.4 Å². The molecule has 63 heavy (non-hydrogen) atoms. The average molecular weight is 882 g/mol. The fraction of sp³-hybridized carbons (Fsp3) is 0.469. The molecule has 4 aromatic heterocycles. The quantitative estimate of drug-likeness (QED) is 0.0698. The Kier molecular flexibility index (Phi) is 15.0. The fourth-order valence-corrected chi connectivity index (χ4v) is 9.08. The number of imidazole rings is 2. The molecule has 2 aliphatic rings. The first-order valence-corrected chi connectivity index (χ1v) is 22.1. The first kappa shape index (κ1) is 46.8. The largest absolute Gasteiger partial charge is 0.444 e. The summed E-state index contributed by atoms with van der Waals surface area (Å²) >= 11 is 0. The van der Waals surface area contributed by atoms with Gasteiger partial charge >= 0.3 is 12.1 Å². The number of hydrogen-bond donors (Lipinski definition) is 1. The van der Waals surface area contributed by atoms with Gasteiger partial charge in [0, 0.05) is 103 Å². The maximum Gasteiger partial charge on any atom is 0.407 e. The average Bonchev–Trinajstić information content (AvgIpc) is 3.98. The maximum atomic E-state index is 13.5. The fourth-order valence-electron chi connectivity index (χ4n) is 9.08. The third kappa shape index (κ3) is 10.6. The van der Waals surface area contributed by atoms with E-state index in [-0.39, 0.29) is 48.5 Å². The van der Waals surface area contributed by atoms with E-state index in [1.807, 2.05) is 95.2 Å². The minimum absolute atomic E-state index is 0. The van der Waals surface area contributed by atoms with Gasteiger partial charge in [0.05, 0.1) is 5.92 Å². The summed E-state index contributed by atoms with van der Waals surface area (Å²) in [6.45, 7) is 11.5. The van der Waals surface area contributed by atoms with Gasteiger partial charge in [0.1, 0.15) is 30.4 Å². The van der Waals surface area contributed by atoms with Crippen molar-refractivity contribution in [2.75, 3.05) is 6.54 Å². The van der Waals surface area contributed by atoms with Crippen LogP contribution in [0, 0.1) is 25.7 Å². The molecule has 0 aliphatic heterocycles. The molecule has 336 valence electrons. The van der Waals surface area contributed by atoms with Crippen molar-refractivity contribution in [3.05, 3.63) is 107 Å². The van der Waals surface area contributed by atoms with Gasteiger partial charge in [0.2, 0.25) is 6.73 Å². The van der Waals surface area contributed by atoms with Crippen molar-refractivity contribution in [2.24, 2.45) is 25.9 Å². The molecule has 0 saturated heterocycles. The molecule has 14 heteroatoms. The second kappa shape index (κ2) is 20.2. The van der Waals surface area contributed by atoms with Crippen LogP contribution in [0.3, 0.4) is 0 Å². The van der Waals surface area contributed by atoms with Crippen LogP contribution >= 0.6 is 12.4 Å². The second-order valence-corrected chi connectivity index (χ2v) is 17.8. The molecule has 2 aromatic carbocycles. The zero-order chi connectivity index (χ0) is 44.1. The molecular weight excluding hydrogens is 818 g/mol. The number of carbonyl (C=O) groups is 4. The summed E-state index contributed by atoms with van der Waals surface area (Å²) in [5.74, 6) is 2.15. The molecule has 2 atom stereocenters. The Morgan fingerprint density at radius 3 is 1.90 bits per heavy atom. The van der Waals surface area contributed by atoms with E-state index in [0.717, 1.165) is 108 Å². The first-order chi connectivity index (χ1) is 29.7. The van der Waals surface area contributed by atoms with Crippen LogP contribution in [0.4, 0.5) is 4.79 Å². The van der Waals surface area contributed by atoms with Crippen LogP contribution in [0.1, 0.15) is 109 Å². The van der Waals surface area contributed by atoms with Crippen molar-refractivity contribution >= 4 is 57.8 Å². The summed E-state index contributed by atoms with van der Waals surface area (Å²) in [7, 11) is 4.11. The number of unbranched alkanes of at least 4 members (excludes halogenated alkanes) is 3. The van der Waals surface area contributed by atoms with E-state index in [2.05, 4.69) is 53.8 Å². The molecule has 8 rings (SSSR count). The summed E-state index contributed by atoms with van der Waals surface area (Å²) in [6.07, 6.45) is 14.5. The van der Waals surface area contributed by atoms with Crippen LogP contribution in [0.2, 0.25) is 0 Å². The summed E-state index contributed by atoms with van der Waals surface area (Å²) in [6, 6.07) is 16.3. The lowest BCUT2D eigenvalue weighted by Crippen LogP contribution is -2.38. The lowest BCUT2D eigenvalue weighted by molar-refractivity contribution is -0.732. The number of nitrogens with zero attached hydrogens (tertiary/aromatic N) is 6. The van der Waals surface area contributed by atoms with E-state index in [9.17, 15) is 19.2 Å². The normalized spacial score (nSPS) is 15.9. The van der Waals surface area contributed by atoms with Crippen molar-refractivity contribution in [3.63, 3.8) is 0 Å². The van der Waals surface area contributed by atoms with E-state index in [0.29, 0.717) is 19.5 Å². The highest BCUT2D eigenvalue weighted by atomic mass is 35.5. The van der Waals surface area contributed by atoms with Gasteiger partial charge < -0.3 is 28.5 Å². The Hall–Kier alpha value is -5.69. The van der Waals surface area contributed by atoms with Crippen LogP contribution in [-0.4, -0.2) is 59.0 Å². The molecule has 1 amide bonds. The van der Waals surface area contributed by atoms with Gasteiger partial charge in [-0.25, -0.2) is 14.3 Å². The molecule has 0 spiro atoms. The van der Waals surface area contributed by atoms with Crippen molar-refractivity contribution in [1.29, 1.82) is 0 Å². The first-order valence-electron chi connectivity index (χ1n) is 22.1. The van der Waals surface area contributed by atoms with Gasteiger partial charge in [-0.15, -0.1) is 12.4 Å². The Balaban J connectivity index is 0.000000241. The molecule has 0 bridgehead atoms. The highest BCUT2D eigenvalue weighted by Gasteiger charge is 2.35. The van der Waals surface area contributed by atoms with Gasteiger partial charge in [-0.2, -0.15) is 4.57 Å². The zero-order valence-corrected chi connectivity index (χ0v) is 38.6. The number of para-hydroxylation sites is 2. The van der Waals surface area contributed by atoms with E-state index in [1.54, 1.807) is 6.20 Å². The number of alkyl carbamates (subject to hydrolysis) is 1. The number of hydrogen-bond acceptors (Lipinski definition) is 7. The number of aryl methyl sites for hydroxylation is 3. The van der Waals surface area contributed by atoms with E-state index >= 15 is 0 Å². The van der Waals surface area contributed by atoms with Crippen LogP contribution in [0.15, 0.2) is 73.3 Å². The Bertz CT molecular complexity index is 2590. The van der Waals surface area contributed by atoms with E-state index < -0.39 is 11.7 Å². The topological polar surface area (TPSA) is 135 Å². The van der Waals surface area contributed by atoms with E-state index in [4.69, 9.17) is 9.47 Å². The molecule has 0 saturated carbocycles. The molecule has 6 aromatic rings. The summed E-state index contributed by atoms with van der Waals surface area (Å²) in [4.78, 5) is 54.7. The number of carbonyl (C=O) groups excluding carboxylic acids is 4. The van der Waals surface area contributed by atoms with Gasteiger partial charge in [0.25, 0.3) is 5.82 Å². The Morgan fingerprint density at radius 2 is 1.35 bits per heavy atom. The molecule has 1 N–H and O–H groups in total. The van der Waals surface area contributed by atoms with Gasteiger partial charge in [0.15, 0.2) is 11.6 Å². The molecule has 0 radical (unpaired) electrons. The number of ether oxygens (including phenoxy) is 2. The smallest absolute Gasteiger partial charge is 0.407 e. The lowest BCUT2D eigenvalue weighted by atomic mass is 9.85. The minimum atomic E-state index is -0.499. The predicted molar refractivity (Wildman–Crippen MR) is 245 cm³/mol. The summed E-state index contributed by atoms with van der Waals surface area (Å²) in [5, 5.41) is 4.88.